The lowest BCUT2D eigenvalue weighted by Crippen LogP contribution is -2.17. The summed E-state index contributed by atoms with van der Waals surface area (Å²) in [4.78, 5) is 10.6. The van der Waals surface area contributed by atoms with Crippen LogP contribution in [0.1, 0.15) is 42.0 Å². The largest absolute Gasteiger partial charge is 0.476 e. The molecular formula is C8H11F2N3O3. The molecule has 1 unspecified atom stereocenters. The van der Waals surface area contributed by atoms with Crippen molar-refractivity contribution in [3.05, 3.63) is 11.4 Å². The van der Waals surface area contributed by atoms with Gasteiger partial charge in [-0.05, 0) is 6.42 Å². The van der Waals surface area contributed by atoms with Gasteiger partial charge in [-0.15, -0.1) is 5.10 Å². The van der Waals surface area contributed by atoms with E-state index in [2.05, 4.69) is 10.3 Å². The molecule has 0 spiro atoms. The van der Waals surface area contributed by atoms with Crippen LogP contribution in [-0.4, -0.2) is 37.8 Å². The predicted molar refractivity (Wildman–Crippen MR) is 48.4 cm³/mol. The number of carboxylic acid groups (broad SMARTS) is 1. The smallest absolute Gasteiger partial charge is 0.358 e. The quantitative estimate of drug-likeness (QED) is 0.790. The molecule has 6 nitrogen and oxygen atoms in total. The van der Waals surface area contributed by atoms with Crippen molar-refractivity contribution < 1.29 is 23.8 Å². The number of aliphatic hydroxyl groups is 1. The highest BCUT2D eigenvalue weighted by molar-refractivity contribution is 5.86. The molecule has 90 valence electrons. The summed E-state index contributed by atoms with van der Waals surface area (Å²) in [6.45, 7) is 1.26. The van der Waals surface area contributed by atoms with Gasteiger partial charge in [-0.1, -0.05) is 12.1 Å². The number of carbonyl (C=O) groups is 1. The second kappa shape index (κ2) is 4.97. The van der Waals surface area contributed by atoms with E-state index in [0.29, 0.717) is 6.42 Å². The van der Waals surface area contributed by atoms with Gasteiger partial charge in [-0.2, -0.15) is 0 Å². The Morgan fingerprint density at radius 1 is 1.56 bits per heavy atom. The Hall–Kier alpha value is -1.57. The highest BCUT2D eigenvalue weighted by atomic mass is 19.3. The molecular weight excluding hydrogens is 224 g/mol. The van der Waals surface area contributed by atoms with Crippen LogP contribution in [0.3, 0.4) is 0 Å². The lowest BCUT2D eigenvalue weighted by Gasteiger charge is -2.14. The number of halogens is 2. The third-order valence-electron chi connectivity index (χ3n) is 2.17. The van der Waals surface area contributed by atoms with E-state index in [-0.39, 0.29) is 0 Å². The molecule has 0 saturated carbocycles. The van der Waals surface area contributed by atoms with Gasteiger partial charge in [-0.25, -0.2) is 18.3 Å². The Bertz CT molecular complexity index is 377. The predicted octanol–water partition coefficient (Wildman–Crippen LogP) is 0.857. The molecule has 0 saturated heterocycles. The number of aromatic carboxylic acids is 1. The molecule has 0 fully saturated rings. The third kappa shape index (κ3) is 2.16. The van der Waals surface area contributed by atoms with E-state index in [1.807, 2.05) is 0 Å². The van der Waals surface area contributed by atoms with Crippen LogP contribution in [0.15, 0.2) is 0 Å². The molecule has 16 heavy (non-hydrogen) atoms. The number of alkyl halides is 2. The summed E-state index contributed by atoms with van der Waals surface area (Å²) in [5.41, 5.74) is -1.55. The zero-order chi connectivity index (χ0) is 12.3. The number of hydrogen-bond acceptors (Lipinski definition) is 4. The zero-order valence-corrected chi connectivity index (χ0v) is 8.47. The van der Waals surface area contributed by atoms with Gasteiger partial charge >= 0.3 is 5.97 Å². The first-order valence-electron chi connectivity index (χ1n) is 4.60. The highest BCUT2D eigenvalue weighted by Gasteiger charge is 2.28. The Kier molecular flexibility index (Phi) is 3.88. The van der Waals surface area contributed by atoms with Crippen LogP contribution in [0.25, 0.3) is 0 Å². The first-order chi connectivity index (χ1) is 7.52. The highest BCUT2D eigenvalue weighted by Crippen LogP contribution is 2.25. The van der Waals surface area contributed by atoms with Crippen molar-refractivity contribution in [3.8, 4) is 0 Å². The maximum Gasteiger partial charge on any atom is 0.358 e. The monoisotopic (exact) mass is 235 g/mol. The van der Waals surface area contributed by atoms with Crippen LogP contribution < -0.4 is 0 Å². The summed E-state index contributed by atoms with van der Waals surface area (Å²) in [6, 6.07) is -0.690. The minimum absolute atomic E-state index is 0.346. The molecule has 0 aliphatic carbocycles. The molecule has 1 aromatic rings. The van der Waals surface area contributed by atoms with Crippen molar-refractivity contribution in [2.45, 2.75) is 25.8 Å². The van der Waals surface area contributed by atoms with E-state index < -0.39 is 36.4 Å². The van der Waals surface area contributed by atoms with Gasteiger partial charge in [0.2, 0.25) is 0 Å². The second-order valence-electron chi connectivity index (χ2n) is 3.12. The standard InChI is InChI=1S/C8H11F2N3O3/c1-2-4(3-14)13-6(7(9)10)5(8(15)16)11-12-13/h4,7,14H,2-3H2,1H3,(H,15,16). The molecule has 0 aromatic carbocycles. The van der Waals surface area contributed by atoms with Crippen LogP contribution in [-0.2, 0) is 0 Å². The normalized spacial score (nSPS) is 13.1. The van der Waals surface area contributed by atoms with Gasteiger partial charge in [0.1, 0.15) is 5.69 Å². The topological polar surface area (TPSA) is 88.2 Å². The van der Waals surface area contributed by atoms with E-state index in [9.17, 15) is 13.6 Å². The first-order valence-corrected chi connectivity index (χ1v) is 4.60. The first kappa shape index (κ1) is 12.5. The summed E-state index contributed by atoms with van der Waals surface area (Å²) in [6.07, 6.45) is -2.65. The van der Waals surface area contributed by atoms with Crippen molar-refractivity contribution >= 4 is 5.97 Å². The number of rotatable bonds is 5. The van der Waals surface area contributed by atoms with Crippen LogP contribution in [0, 0.1) is 0 Å². The molecule has 1 atom stereocenters. The molecule has 1 aromatic heterocycles. The van der Waals surface area contributed by atoms with Crippen molar-refractivity contribution in [2.75, 3.05) is 6.61 Å². The molecule has 8 heteroatoms. The molecule has 0 aliphatic rings. The SMILES string of the molecule is CCC(CO)n1nnc(C(=O)O)c1C(F)F. The zero-order valence-electron chi connectivity index (χ0n) is 8.47. The van der Waals surface area contributed by atoms with Gasteiger partial charge in [0.15, 0.2) is 5.69 Å². The molecule has 0 bridgehead atoms. The Balaban J connectivity index is 3.24. The number of nitrogens with zero attached hydrogens (tertiary/aromatic N) is 3. The average Bonchev–Trinajstić information content (AvgIpc) is 2.64. The van der Waals surface area contributed by atoms with Gasteiger partial charge in [0, 0.05) is 0 Å². The summed E-state index contributed by atoms with van der Waals surface area (Å²) >= 11 is 0. The van der Waals surface area contributed by atoms with Crippen molar-refractivity contribution in [1.29, 1.82) is 0 Å². The van der Waals surface area contributed by atoms with E-state index in [1.165, 1.54) is 0 Å². The Morgan fingerprint density at radius 3 is 2.56 bits per heavy atom. The number of aromatic nitrogens is 3. The van der Waals surface area contributed by atoms with E-state index in [4.69, 9.17) is 10.2 Å². The van der Waals surface area contributed by atoms with Gasteiger partial charge in [0.05, 0.1) is 12.6 Å². The maximum atomic E-state index is 12.7. The molecule has 0 aliphatic heterocycles. The maximum absolute atomic E-state index is 12.7. The van der Waals surface area contributed by atoms with Gasteiger partial charge in [0.25, 0.3) is 6.43 Å². The van der Waals surface area contributed by atoms with E-state index in [1.54, 1.807) is 6.92 Å². The second-order valence-corrected chi connectivity index (χ2v) is 3.12. The molecule has 1 rings (SSSR count). The minimum Gasteiger partial charge on any atom is -0.476 e. The number of hydrogen-bond donors (Lipinski definition) is 2. The molecule has 2 N–H and O–H groups in total. The minimum atomic E-state index is -3.00. The summed E-state index contributed by atoms with van der Waals surface area (Å²) in [5, 5.41) is 24.1. The van der Waals surface area contributed by atoms with Crippen LogP contribution in [0.4, 0.5) is 8.78 Å². The van der Waals surface area contributed by atoms with E-state index in [0.717, 1.165) is 4.68 Å². The summed E-state index contributed by atoms with van der Waals surface area (Å²) in [7, 11) is 0. The summed E-state index contributed by atoms with van der Waals surface area (Å²) < 4.78 is 26.1. The molecule has 0 amide bonds. The van der Waals surface area contributed by atoms with Gasteiger partial charge in [-0.3, -0.25) is 0 Å². The average molecular weight is 235 g/mol. The van der Waals surface area contributed by atoms with Crippen molar-refractivity contribution in [3.63, 3.8) is 0 Å². The lowest BCUT2D eigenvalue weighted by atomic mass is 10.2. The van der Waals surface area contributed by atoms with Crippen LogP contribution in [0.2, 0.25) is 0 Å². The fourth-order valence-electron chi connectivity index (χ4n) is 1.31. The van der Waals surface area contributed by atoms with E-state index >= 15 is 0 Å². The third-order valence-corrected chi connectivity index (χ3v) is 2.17. The molecule has 0 radical (unpaired) electrons. The van der Waals surface area contributed by atoms with Crippen molar-refractivity contribution in [2.24, 2.45) is 0 Å². The Labute approximate surface area is 89.5 Å². The van der Waals surface area contributed by atoms with Crippen LogP contribution >= 0.6 is 0 Å². The fraction of sp³-hybridized carbons (Fsp3) is 0.625. The number of aliphatic hydroxyl groups excluding tert-OH is 1. The fourth-order valence-corrected chi connectivity index (χ4v) is 1.31. The van der Waals surface area contributed by atoms with Gasteiger partial charge < -0.3 is 10.2 Å². The van der Waals surface area contributed by atoms with Crippen molar-refractivity contribution in [1.82, 2.24) is 15.0 Å². The van der Waals surface area contributed by atoms with Crippen LogP contribution in [0.5, 0.6) is 0 Å². The number of carboxylic acids is 1. The Morgan fingerprint density at radius 2 is 2.19 bits per heavy atom. The lowest BCUT2D eigenvalue weighted by molar-refractivity contribution is 0.0673. The molecule has 1 heterocycles. The summed E-state index contributed by atoms with van der Waals surface area (Å²) in [5.74, 6) is -1.56.